The molecule has 0 N–H and O–H groups in total. The number of hydrogen-bond donors (Lipinski definition) is 0. The molecule has 0 radical (unpaired) electrons. The predicted octanol–water partition coefficient (Wildman–Crippen LogP) is 3.08. The minimum atomic E-state index is -0.128. The van der Waals surface area contributed by atoms with Crippen LogP contribution < -0.4 is 4.74 Å². The van der Waals surface area contributed by atoms with Gasteiger partial charge in [0.05, 0.1) is 7.11 Å². The largest absolute Gasteiger partial charge is 0.497 e. The molecule has 4 nitrogen and oxygen atoms in total. The van der Waals surface area contributed by atoms with Crippen LogP contribution in [0.1, 0.15) is 38.7 Å². The average molecular weight is 260 g/mol. The molecule has 0 saturated carbocycles. The van der Waals surface area contributed by atoms with Crippen LogP contribution in [-0.2, 0) is 4.79 Å². The Kier molecular flexibility index (Phi) is 5.46. The van der Waals surface area contributed by atoms with Gasteiger partial charge in [-0.2, -0.15) is 4.79 Å². The first kappa shape index (κ1) is 15.1. The summed E-state index contributed by atoms with van der Waals surface area (Å²) < 4.78 is 5.13. The molecule has 19 heavy (non-hydrogen) atoms. The number of hydrogen-bond acceptors (Lipinski definition) is 2. The van der Waals surface area contributed by atoms with Crippen molar-refractivity contribution in [2.75, 3.05) is 7.11 Å². The molecule has 102 valence electrons. The summed E-state index contributed by atoms with van der Waals surface area (Å²) in [6, 6.07) is 7.73. The quantitative estimate of drug-likeness (QED) is 0.448. The summed E-state index contributed by atoms with van der Waals surface area (Å²) >= 11 is 0. The van der Waals surface area contributed by atoms with Crippen LogP contribution >= 0.6 is 0 Å². The van der Waals surface area contributed by atoms with E-state index >= 15 is 0 Å². The maximum Gasteiger partial charge on any atom is 0.331 e. The number of Topliss-reactive ketones (excluding diaryl/α,β-unsaturated/α-hetero) is 1. The maximum atomic E-state index is 11.9. The second-order valence-electron chi connectivity index (χ2n) is 4.94. The molecule has 1 aromatic rings. The van der Waals surface area contributed by atoms with E-state index < -0.39 is 0 Å². The van der Waals surface area contributed by atoms with Crippen molar-refractivity contribution in [1.82, 2.24) is 0 Å². The van der Waals surface area contributed by atoms with Gasteiger partial charge in [-0.25, -0.2) is 0 Å². The van der Waals surface area contributed by atoms with E-state index in [0.29, 0.717) is 12.3 Å². The zero-order valence-corrected chi connectivity index (χ0v) is 11.9. The Morgan fingerprint density at radius 3 is 2.32 bits per heavy atom. The number of nitrogens with zero attached hydrogens (tertiary/aromatic N) is 2. The van der Waals surface area contributed by atoms with Gasteiger partial charge in [-0.3, -0.25) is 4.79 Å². The Hall–Kier alpha value is -1.93. The van der Waals surface area contributed by atoms with Crippen LogP contribution in [-0.4, -0.2) is 23.4 Å². The Balaban J connectivity index is 2.94. The molecular formula is C15H20N2O2. The van der Waals surface area contributed by atoms with E-state index in [9.17, 15) is 4.79 Å². The standard InChI is InChI=1S/C15H20N2O2/c1-10(2)14(9-15(18)11(3)17-16)12-5-7-13(19-4)8-6-12/h5-8,10,14H,9H2,1-4H3. The summed E-state index contributed by atoms with van der Waals surface area (Å²) in [4.78, 5) is 14.8. The highest BCUT2D eigenvalue weighted by Crippen LogP contribution is 2.29. The van der Waals surface area contributed by atoms with Crippen molar-refractivity contribution < 1.29 is 14.3 Å². The van der Waals surface area contributed by atoms with Crippen LogP contribution in [0.5, 0.6) is 5.75 Å². The van der Waals surface area contributed by atoms with Crippen LogP contribution in [0.25, 0.3) is 5.53 Å². The summed E-state index contributed by atoms with van der Waals surface area (Å²) in [6.45, 7) is 5.68. The fraction of sp³-hybridized carbons (Fsp3) is 0.467. The lowest BCUT2D eigenvalue weighted by atomic mass is 9.84. The molecule has 0 amide bonds. The Labute approximate surface area is 114 Å². The lowest BCUT2D eigenvalue weighted by Gasteiger charge is -2.20. The molecule has 0 heterocycles. The first-order valence-corrected chi connectivity index (χ1v) is 6.35. The first-order chi connectivity index (χ1) is 8.99. The fourth-order valence-electron chi connectivity index (χ4n) is 1.99. The summed E-state index contributed by atoms with van der Waals surface area (Å²) in [5, 5.41) is 0. The molecule has 0 aliphatic carbocycles. The first-order valence-electron chi connectivity index (χ1n) is 6.35. The maximum absolute atomic E-state index is 11.9. The highest BCUT2D eigenvalue weighted by molar-refractivity contribution is 6.36. The minimum absolute atomic E-state index is 0.107. The number of ether oxygens (including phenoxy) is 1. The highest BCUT2D eigenvalue weighted by atomic mass is 16.5. The van der Waals surface area contributed by atoms with Crippen molar-refractivity contribution >= 4 is 11.5 Å². The Morgan fingerprint density at radius 1 is 1.32 bits per heavy atom. The lowest BCUT2D eigenvalue weighted by Crippen LogP contribution is -2.18. The molecule has 0 fully saturated rings. The SMILES string of the molecule is COc1ccc(C(CC(=O)C(C)=[N+]=[N-])C(C)C)cc1. The molecule has 0 aliphatic rings. The number of carbonyl (C=O) groups excluding carboxylic acids is 1. The second kappa shape index (κ2) is 6.86. The van der Waals surface area contributed by atoms with E-state index in [-0.39, 0.29) is 17.4 Å². The summed E-state index contributed by atoms with van der Waals surface area (Å²) in [5.41, 5.74) is 9.89. The molecule has 1 aromatic carbocycles. The monoisotopic (exact) mass is 260 g/mol. The Morgan fingerprint density at radius 2 is 1.89 bits per heavy atom. The molecular weight excluding hydrogens is 240 g/mol. The number of carbonyl (C=O) groups is 1. The van der Waals surface area contributed by atoms with Crippen molar-refractivity contribution in [3.05, 3.63) is 35.4 Å². The van der Waals surface area contributed by atoms with Crippen molar-refractivity contribution in [3.8, 4) is 5.75 Å². The van der Waals surface area contributed by atoms with Gasteiger partial charge >= 0.3 is 5.71 Å². The van der Waals surface area contributed by atoms with Crippen LogP contribution in [0.2, 0.25) is 0 Å². The molecule has 1 rings (SSSR count). The summed E-state index contributed by atoms with van der Waals surface area (Å²) in [6.07, 6.45) is 0.347. The number of rotatable bonds is 6. The minimum Gasteiger partial charge on any atom is -0.497 e. The van der Waals surface area contributed by atoms with E-state index in [1.807, 2.05) is 24.3 Å². The highest BCUT2D eigenvalue weighted by Gasteiger charge is 2.23. The van der Waals surface area contributed by atoms with Crippen LogP contribution in [0.4, 0.5) is 0 Å². The van der Waals surface area contributed by atoms with Crippen LogP contribution in [0.3, 0.4) is 0 Å². The van der Waals surface area contributed by atoms with Gasteiger partial charge in [-0.15, -0.1) is 0 Å². The van der Waals surface area contributed by atoms with E-state index in [4.69, 9.17) is 10.3 Å². The number of ketones is 1. The van der Waals surface area contributed by atoms with Gasteiger partial charge < -0.3 is 10.3 Å². The third kappa shape index (κ3) is 4.04. The molecule has 4 heteroatoms. The fourth-order valence-corrected chi connectivity index (χ4v) is 1.99. The average Bonchev–Trinajstić information content (AvgIpc) is 2.43. The molecule has 0 saturated heterocycles. The van der Waals surface area contributed by atoms with E-state index in [1.165, 1.54) is 6.92 Å². The van der Waals surface area contributed by atoms with Crippen molar-refractivity contribution in [2.24, 2.45) is 5.92 Å². The van der Waals surface area contributed by atoms with Crippen LogP contribution in [0.15, 0.2) is 24.3 Å². The second-order valence-corrected chi connectivity index (χ2v) is 4.94. The zero-order chi connectivity index (χ0) is 14.4. The topological polar surface area (TPSA) is 62.7 Å². The van der Waals surface area contributed by atoms with Gasteiger partial charge in [-0.1, -0.05) is 26.0 Å². The number of methoxy groups -OCH3 is 1. The number of benzene rings is 1. The van der Waals surface area contributed by atoms with Gasteiger partial charge in [0.15, 0.2) is 0 Å². The van der Waals surface area contributed by atoms with E-state index in [0.717, 1.165) is 11.3 Å². The summed E-state index contributed by atoms with van der Waals surface area (Å²) in [7, 11) is 1.62. The van der Waals surface area contributed by atoms with Gasteiger partial charge in [0, 0.05) is 13.3 Å². The molecule has 0 aliphatic heterocycles. The zero-order valence-electron chi connectivity index (χ0n) is 11.9. The Bertz CT molecular complexity index is 485. The lowest BCUT2D eigenvalue weighted by molar-refractivity contribution is -0.117. The smallest absolute Gasteiger partial charge is 0.331 e. The molecule has 0 spiro atoms. The van der Waals surface area contributed by atoms with Crippen molar-refractivity contribution in [1.29, 1.82) is 0 Å². The molecule has 1 atom stereocenters. The predicted molar refractivity (Wildman–Crippen MR) is 74.5 cm³/mol. The van der Waals surface area contributed by atoms with Crippen molar-refractivity contribution in [3.63, 3.8) is 0 Å². The third-order valence-electron chi connectivity index (χ3n) is 3.31. The van der Waals surface area contributed by atoms with Crippen molar-refractivity contribution in [2.45, 2.75) is 33.1 Å². The molecule has 0 bridgehead atoms. The normalized spacial score (nSPS) is 11.8. The van der Waals surface area contributed by atoms with Gasteiger partial charge in [0.1, 0.15) is 5.75 Å². The third-order valence-corrected chi connectivity index (χ3v) is 3.31. The van der Waals surface area contributed by atoms with Crippen LogP contribution in [0, 0.1) is 5.92 Å². The molecule has 1 unspecified atom stereocenters. The summed E-state index contributed by atoms with van der Waals surface area (Å²) in [5.74, 6) is 1.10. The van der Waals surface area contributed by atoms with Gasteiger partial charge in [0.2, 0.25) is 5.78 Å². The molecule has 0 aromatic heterocycles. The van der Waals surface area contributed by atoms with E-state index in [2.05, 4.69) is 18.6 Å². The van der Waals surface area contributed by atoms with E-state index in [1.54, 1.807) is 7.11 Å². The van der Waals surface area contributed by atoms with Gasteiger partial charge in [-0.05, 0) is 29.5 Å². The van der Waals surface area contributed by atoms with Gasteiger partial charge in [0.25, 0.3) is 0 Å².